The van der Waals surface area contributed by atoms with Gasteiger partial charge in [-0.15, -0.1) is 0 Å². The van der Waals surface area contributed by atoms with E-state index >= 15 is 0 Å². The van der Waals surface area contributed by atoms with Gasteiger partial charge >= 0.3 is 5.97 Å². The van der Waals surface area contributed by atoms with E-state index in [0.717, 1.165) is 49.5 Å². The Balaban J connectivity index is 1.94. The maximum absolute atomic E-state index is 11.4. The zero-order chi connectivity index (χ0) is 13.0. The van der Waals surface area contributed by atoms with E-state index in [1.165, 1.54) is 11.5 Å². The van der Waals surface area contributed by atoms with E-state index < -0.39 is 11.4 Å². The van der Waals surface area contributed by atoms with E-state index in [-0.39, 0.29) is 0 Å². The standard InChI is InChI=1S/C12H19N3O2S/c1-2-5-9-14-11(18-15-9)13-8-12(10(16)17)6-3-4-7-12/h2-8H2,1H3,(H,16,17)(H,13,14,15). The monoisotopic (exact) mass is 269 g/mol. The topological polar surface area (TPSA) is 75.1 Å². The van der Waals surface area contributed by atoms with Crippen LogP contribution in [0.4, 0.5) is 5.13 Å². The second-order valence-corrected chi connectivity index (χ2v) is 5.66. The molecule has 1 saturated carbocycles. The highest BCUT2D eigenvalue weighted by atomic mass is 32.1. The van der Waals surface area contributed by atoms with Crippen LogP contribution in [0.1, 0.15) is 44.9 Å². The third-order valence-electron chi connectivity index (χ3n) is 3.53. The van der Waals surface area contributed by atoms with Crippen molar-refractivity contribution in [2.45, 2.75) is 45.4 Å². The molecule has 0 aromatic carbocycles. The van der Waals surface area contributed by atoms with Gasteiger partial charge in [0, 0.05) is 24.5 Å². The lowest BCUT2D eigenvalue weighted by molar-refractivity contribution is -0.147. The molecule has 1 fully saturated rings. The number of nitrogens with zero attached hydrogens (tertiary/aromatic N) is 2. The summed E-state index contributed by atoms with van der Waals surface area (Å²) in [6, 6.07) is 0. The van der Waals surface area contributed by atoms with E-state index in [1.807, 2.05) is 0 Å². The van der Waals surface area contributed by atoms with Crippen molar-refractivity contribution in [1.29, 1.82) is 0 Å². The second kappa shape index (κ2) is 5.65. The molecule has 0 atom stereocenters. The maximum Gasteiger partial charge on any atom is 0.311 e. The predicted octanol–water partition coefficient (Wildman–Crippen LogP) is 2.55. The fourth-order valence-electron chi connectivity index (χ4n) is 2.41. The Labute approximate surface area is 111 Å². The van der Waals surface area contributed by atoms with Gasteiger partial charge in [-0.3, -0.25) is 4.79 Å². The van der Waals surface area contributed by atoms with Crippen molar-refractivity contribution < 1.29 is 9.90 Å². The maximum atomic E-state index is 11.4. The van der Waals surface area contributed by atoms with Crippen LogP contribution < -0.4 is 5.32 Å². The molecule has 1 aromatic rings. The molecule has 0 aliphatic heterocycles. The van der Waals surface area contributed by atoms with Gasteiger partial charge in [-0.05, 0) is 19.3 Å². The van der Waals surface area contributed by atoms with Crippen LogP contribution in [0.2, 0.25) is 0 Å². The molecule has 0 spiro atoms. The first-order valence-electron chi connectivity index (χ1n) is 6.46. The number of carboxylic acids is 1. The molecule has 0 saturated heterocycles. The lowest BCUT2D eigenvalue weighted by Crippen LogP contribution is -2.35. The number of aryl methyl sites for hydroxylation is 1. The van der Waals surface area contributed by atoms with Crippen LogP contribution in [0.5, 0.6) is 0 Å². The third-order valence-corrected chi connectivity index (χ3v) is 4.24. The summed E-state index contributed by atoms with van der Waals surface area (Å²) in [5.41, 5.74) is -0.601. The van der Waals surface area contributed by atoms with Gasteiger partial charge in [0.15, 0.2) is 0 Å². The Morgan fingerprint density at radius 1 is 1.50 bits per heavy atom. The predicted molar refractivity (Wildman–Crippen MR) is 70.9 cm³/mol. The Kier molecular flexibility index (Phi) is 4.16. The van der Waals surface area contributed by atoms with Gasteiger partial charge in [0.2, 0.25) is 5.13 Å². The molecule has 2 N–H and O–H groups in total. The van der Waals surface area contributed by atoms with Gasteiger partial charge in [-0.1, -0.05) is 19.8 Å². The van der Waals surface area contributed by atoms with E-state index in [2.05, 4.69) is 21.6 Å². The lowest BCUT2D eigenvalue weighted by atomic mass is 9.86. The molecular weight excluding hydrogens is 250 g/mol. The van der Waals surface area contributed by atoms with Crippen LogP contribution in [-0.2, 0) is 11.2 Å². The Morgan fingerprint density at radius 2 is 2.22 bits per heavy atom. The van der Waals surface area contributed by atoms with Crippen LogP contribution >= 0.6 is 11.5 Å². The molecule has 0 unspecified atom stereocenters. The van der Waals surface area contributed by atoms with Crippen molar-refractivity contribution in [3.8, 4) is 0 Å². The molecule has 0 amide bonds. The molecule has 1 aliphatic rings. The fourth-order valence-corrected chi connectivity index (χ4v) is 3.02. The molecule has 1 heterocycles. The number of aromatic nitrogens is 2. The highest BCUT2D eigenvalue weighted by Crippen LogP contribution is 2.38. The summed E-state index contributed by atoms with van der Waals surface area (Å²) >= 11 is 1.32. The molecule has 0 bridgehead atoms. The Hall–Kier alpha value is -1.17. The van der Waals surface area contributed by atoms with Gasteiger partial charge < -0.3 is 10.4 Å². The fraction of sp³-hybridized carbons (Fsp3) is 0.750. The number of carbonyl (C=O) groups is 1. The van der Waals surface area contributed by atoms with E-state index in [4.69, 9.17) is 0 Å². The Bertz CT molecular complexity index is 413. The van der Waals surface area contributed by atoms with E-state index in [1.54, 1.807) is 0 Å². The minimum Gasteiger partial charge on any atom is -0.481 e. The zero-order valence-corrected chi connectivity index (χ0v) is 11.4. The van der Waals surface area contributed by atoms with Crippen LogP contribution in [0.15, 0.2) is 0 Å². The normalized spacial score (nSPS) is 17.8. The van der Waals surface area contributed by atoms with Crippen molar-refractivity contribution in [2.75, 3.05) is 11.9 Å². The lowest BCUT2D eigenvalue weighted by Gasteiger charge is -2.23. The van der Waals surface area contributed by atoms with Gasteiger partial charge in [-0.2, -0.15) is 4.37 Å². The van der Waals surface area contributed by atoms with Crippen molar-refractivity contribution >= 4 is 22.6 Å². The first kappa shape index (κ1) is 13.3. The minimum atomic E-state index is -0.689. The average molecular weight is 269 g/mol. The molecule has 18 heavy (non-hydrogen) atoms. The zero-order valence-electron chi connectivity index (χ0n) is 10.6. The van der Waals surface area contributed by atoms with Crippen LogP contribution in [0.25, 0.3) is 0 Å². The summed E-state index contributed by atoms with van der Waals surface area (Å²) in [5.74, 6) is 0.159. The Morgan fingerprint density at radius 3 is 2.83 bits per heavy atom. The van der Waals surface area contributed by atoms with Crippen molar-refractivity contribution in [3.05, 3.63) is 5.82 Å². The summed E-state index contributed by atoms with van der Waals surface area (Å²) < 4.78 is 4.24. The second-order valence-electron chi connectivity index (χ2n) is 4.91. The van der Waals surface area contributed by atoms with Crippen molar-refractivity contribution in [2.24, 2.45) is 5.41 Å². The number of anilines is 1. The average Bonchev–Trinajstić information content (AvgIpc) is 2.96. The van der Waals surface area contributed by atoms with Crippen molar-refractivity contribution in [3.63, 3.8) is 0 Å². The van der Waals surface area contributed by atoms with Crippen LogP contribution in [0.3, 0.4) is 0 Å². The van der Waals surface area contributed by atoms with Gasteiger partial charge in [0.05, 0.1) is 5.41 Å². The summed E-state index contributed by atoms with van der Waals surface area (Å²) in [6.07, 6.45) is 5.43. The molecule has 5 nitrogen and oxygen atoms in total. The molecule has 0 radical (unpaired) electrons. The summed E-state index contributed by atoms with van der Waals surface area (Å²) in [7, 11) is 0. The number of nitrogens with one attached hydrogen (secondary N) is 1. The van der Waals surface area contributed by atoms with E-state index in [9.17, 15) is 9.90 Å². The molecular formula is C12H19N3O2S. The highest BCUT2D eigenvalue weighted by Gasteiger charge is 2.41. The first-order chi connectivity index (χ1) is 8.66. The van der Waals surface area contributed by atoms with Gasteiger partial charge in [0.25, 0.3) is 0 Å². The number of hydrogen-bond donors (Lipinski definition) is 2. The van der Waals surface area contributed by atoms with E-state index in [0.29, 0.717) is 6.54 Å². The molecule has 2 rings (SSSR count). The summed E-state index contributed by atoms with van der Waals surface area (Å²) in [4.78, 5) is 15.7. The smallest absolute Gasteiger partial charge is 0.311 e. The first-order valence-corrected chi connectivity index (χ1v) is 7.23. The number of hydrogen-bond acceptors (Lipinski definition) is 5. The summed E-state index contributed by atoms with van der Waals surface area (Å²) in [6.45, 7) is 2.55. The SMILES string of the molecule is CCCc1nsc(NCC2(C(=O)O)CCCC2)n1. The minimum absolute atomic E-state index is 0.461. The largest absolute Gasteiger partial charge is 0.481 e. The third kappa shape index (κ3) is 2.80. The highest BCUT2D eigenvalue weighted by molar-refractivity contribution is 7.09. The van der Waals surface area contributed by atoms with Gasteiger partial charge in [-0.25, -0.2) is 4.98 Å². The quantitative estimate of drug-likeness (QED) is 0.830. The number of carboxylic acid groups (broad SMARTS) is 1. The van der Waals surface area contributed by atoms with Crippen LogP contribution in [-0.4, -0.2) is 27.0 Å². The molecule has 100 valence electrons. The van der Waals surface area contributed by atoms with Crippen LogP contribution in [0, 0.1) is 5.41 Å². The number of rotatable bonds is 6. The molecule has 6 heteroatoms. The van der Waals surface area contributed by atoms with Crippen molar-refractivity contribution in [1.82, 2.24) is 9.36 Å². The summed E-state index contributed by atoms with van der Waals surface area (Å²) in [5, 5.41) is 13.3. The number of aliphatic carboxylic acids is 1. The molecule has 1 aromatic heterocycles. The van der Waals surface area contributed by atoms with Gasteiger partial charge in [0.1, 0.15) is 5.82 Å². The molecule has 1 aliphatic carbocycles.